The number of nitrogens with two attached hydrogens (primary N) is 1. The minimum atomic E-state index is 0.622. The summed E-state index contributed by atoms with van der Waals surface area (Å²) in [5.41, 5.74) is 7.72. The Kier molecular flexibility index (Phi) is 5.28. The molecule has 1 rings (SSSR count). The molecule has 0 unspecified atom stereocenters. The zero-order valence-corrected chi connectivity index (χ0v) is 9.57. The van der Waals surface area contributed by atoms with Crippen LogP contribution >= 0.6 is 0 Å². The zero-order chi connectivity index (χ0) is 11.1. The number of hydrogen-bond acceptors (Lipinski definition) is 4. The molecular weight excluding hydrogens is 192 g/mol. The van der Waals surface area contributed by atoms with Gasteiger partial charge < -0.3 is 10.5 Å². The fourth-order valence-corrected chi connectivity index (χ4v) is 1.56. The molecule has 0 bridgehead atoms. The topological polar surface area (TPSA) is 66.0 Å². The van der Waals surface area contributed by atoms with E-state index in [1.165, 1.54) is 5.69 Å². The summed E-state index contributed by atoms with van der Waals surface area (Å²) in [5.74, 6) is 0. The first-order valence-corrected chi connectivity index (χ1v) is 5.52. The number of hydrogen-bond donors (Lipinski definition) is 1. The second kappa shape index (κ2) is 6.53. The Bertz CT molecular complexity index is 285. The lowest BCUT2D eigenvalue weighted by atomic mass is 10.2. The average molecular weight is 212 g/mol. The summed E-state index contributed by atoms with van der Waals surface area (Å²) in [6.07, 6.45) is 1.74. The maximum Gasteiger partial charge on any atom is 0.0871 e. The Hall–Kier alpha value is -0.940. The van der Waals surface area contributed by atoms with E-state index in [1.54, 1.807) is 0 Å². The highest BCUT2D eigenvalue weighted by Gasteiger charge is 2.09. The van der Waals surface area contributed by atoms with Crippen molar-refractivity contribution >= 4 is 0 Å². The van der Waals surface area contributed by atoms with Gasteiger partial charge in [0.1, 0.15) is 0 Å². The SMILES string of the molecule is CCOCCn1nnc(CCN)c1CC. The summed E-state index contributed by atoms with van der Waals surface area (Å²) in [6.45, 7) is 6.92. The van der Waals surface area contributed by atoms with E-state index in [0.717, 1.165) is 31.7 Å². The highest BCUT2D eigenvalue weighted by atomic mass is 16.5. The number of nitrogens with zero attached hydrogens (tertiary/aromatic N) is 3. The van der Waals surface area contributed by atoms with Gasteiger partial charge in [0, 0.05) is 13.0 Å². The molecule has 5 nitrogen and oxygen atoms in total. The summed E-state index contributed by atoms with van der Waals surface area (Å²) < 4.78 is 7.21. The largest absolute Gasteiger partial charge is 0.380 e. The van der Waals surface area contributed by atoms with Crippen LogP contribution < -0.4 is 5.73 Å². The van der Waals surface area contributed by atoms with E-state index in [2.05, 4.69) is 17.2 Å². The molecular formula is C10H20N4O. The van der Waals surface area contributed by atoms with Crippen LogP contribution in [-0.4, -0.2) is 34.8 Å². The quantitative estimate of drug-likeness (QED) is 0.663. The van der Waals surface area contributed by atoms with Crippen LogP contribution in [-0.2, 0) is 24.1 Å². The van der Waals surface area contributed by atoms with Crippen molar-refractivity contribution in [3.8, 4) is 0 Å². The molecule has 0 radical (unpaired) electrons. The molecule has 0 saturated heterocycles. The summed E-state index contributed by atoms with van der Waals surface area (Å²) >= 11 is 0. The molecule has 1 heterocycles. The molecule has 0 saturated carbocycles. The predicted octanol–water partition coefficient (Wildman–Crippen LogP) is 0.378. The standard InChI is InChI=1S/C10H20N4O/c1-3-10-9(5-6-11)12-13-14(10)7-8-15-4-2/h3-8,11H2,1-2H3. The minimum Gasteiger partial charge on any atom is -0.380 e. The molecule has 0 aliphatic carbocycles. The van der Waals surface area contributed by atoms with Crippen molar-refractivity contribution in [2.24, 2.45) is 5.73 Å². The summed E-state index contributed by atoms with van der Waals surface area (Å²) in [6, 6.07) is 0. The van der Waals surface area contributed by atoms with Gasteiger partial charge in [0.05, 0.1) is 24.5 Å². The maximum atomic E-state index is 5.51. The van der Waals surface area contributed by atoms with Crippen LogP contribution in [0.25, 0.3) is 0 Å². The maximum absolute atomic E-state index is 5.51. The van der Waals surface area contributed by atoms with Gasteiger partial charge in [-0.2, -0.15) is 0 Å². The van der Waals surface area contributed by atoms with Crippen LogP contribution in [0.4, 0.5) is 0 Å². The molecule has 86 valence electrons. The van der Waals surface area contributed by atoms with E-state index in [9.17, 15) is 0 Å². The fraction of sp³-hybridized carbons (Fsp3) is 0.800. The number of ether oxygens (including phenoxy) is 1. The number of rotatable bonds is 7. The average Bonchev–Trinajstić information content (AvgIpc) is 2.62. The third-order valence-corrected chi connectivity index (χ3v) is 2.29. The molecule has 0 aliphatic rings. The second-order valence-electron chi connectivity index (χ2n) is 3.30. The Morgan fingerprint density at radius 3 is 2.80 bits per heavy atom. The van der Waals surface area contributed by atoms with Crippen LogP contribution in [0.1, 0.15) is 25.2 Å². The monoisotopic (exact) mass is 212 g/mol. The van der Waals surface area contributed by atoms with Crippen molar-refractivity contribution in [3.05, 3.63) is 11.4 Å². The molecule has 0 fully saturated rings. The van der Waals surface area contributed by atoms with Crippen molar-refractivity contribution in [1.82, 2.24) is 15.0 Å². The van der Waals surface area contributed by atoms with Gasteiger partial charge in [-0.15, -0.1) is 5.10 Å². The number of aromatic nitrogens is 3. The van der Waals surface area contributed by atoms with Gasteiger partial charge in [0.15, 0.2) is 0 Å². The van der Waals surface area contributed by atoms with Crippen LogP contribution in [0, 0.1) is 0 Å². The summed E-state index contributed by atoms with van der Waals surface area (Å²) in [5, 5.41) is 8.24. The molecule has 0 aromatic carbocycles. The molecule has 2 N–H and O–H groups in total. The van der Waals surface area contributed by atoms with E-state index in [0.29, 0.717) is 13.2 Å². The van der Waals surface area contributed by atoms with Crippen molar-refractivity contribution in [3.63, 3.8) is 0 Å². The summed E-state index contributed by atoms with van der Waals surface area (Å²) in [7, 11) is 0. The molecule has 0 amide bonds. The van der Waals surface area contributed by atoms with E-state index in [4.69, 9.17) is 10.5 Å². The molecule has 0 atom stereocenters. The van der Waals surface area contributed by atoms with Crippen LogP contribution in [0.2, 0.25) is 0 Å². The minimum absolute atomic E-state index is 0.622. The molecule has 15 heavy (non-hydrogen) atoms. The predicted molar refractivity (Wildman–Crippen MR) is 58.7 cm³/mol. The molecule has 1 aromatic heterocycles. The molecule has 1 aromatic rings. The Morgan fingerprint density at radius 2 is 2.20 bits per heavy atom. The highest BCUT2D eigenvalue weighted by Crippen LogP contribution is 2.06. The van der Waals surface area contributed by atoms with Gasteiger partial charge in [0.25, 0.3) is 0 Å². The second-order valence-corrected chi connectivity index (χ2v) is 3.30. The molecule has 0 aliphatic heterocycles. The van der Waals surface area contributed by atoms with Crippen LogP contribution in [0.3, 0.4) is 0 Å². The van der Waals surface area contributed by atoms with Gasteiger partial charge in [-0.1, -0.05) is 12.1 Å². The van der Waals surface area contributed by atoms with Crippen molar-refractivity contribution in [2.45, 2.75) is 33.2 Å². The Labute approximate surface area is 90.6 Å². The molecule has 0 spiro atoms. The normalized spacial score (nSPS) is 10.9. The van der Waals surface area contributed by atoms with Crippen LogP contribution in [0.15, 0.2) is 0 Å². The van der Waals surface area contributed by atoms with Crippen LogP contribution in [0.5, 0.6) is 0 Å². The van der Waals surface area contributed by atoms with E-state index < -0.39 is 0 Å². The lowest BCUT2D eigenvalue weighted by Crippen LogP contribution is -2.11. The van der Waals surface area contributed by atoms with Crippen molar-refractivity contribution in [2.75, 3.05) is 19.8 Å². The Balaban J connectivity index is 2.62. The highest BCUT2D eigenvalue weighted by molar-refractivity contribution is 5.10. The van der Waals surface area contributed by atoms with E-state index in [1.807, 2.05) is 11.6 Å². The lowest BCUT2D eigenvalue weighted by Gasteiger charge is -2.05. The Morgan fingerprint density at radius 1 is 1.40 bits per heavy atom. The third-order valence-electron chi connectivity index (χ3n) is 2.29. The molecule has 5 heteroatoms. The summed E-state index contributed by atoms with van der Waals surface area (Å²) in [4.78, 5) is 0. The van der Waals surface area contributed by atoms with Gasteiger partial charge in [0.2, 0.25) is 0 Å². The van der Waals surface area contributed by atoms with Crippen molar-refractivity contribution < 1.29 is 4.74 Å². The van der Waals surface area contributed by atoms with E-state index >= 15 is 0 Å². The first-order chi connectivity index (χ1) is 7.33. The smallest absolute Gasteiger partial charge is 0.0871 e. The van der Waals surface area contributed by atoms with Crippen molar-refractivity contribution in [1.29, 1.82) is 0 Å². The van der Waals surface area contributed by atoms with Gasteiger partial charge in [-0.25, -0.2) is 4.68 Å². The van der Waals surface area contributed by atoms with E-state index in [-0.39, 0.29) is 0 Å². The first-order valence-electron chi connectivity index (χ1n) is 5.52. The lowest BCUT2D eigenvalue weighted by molar-refractivity contribution is 0.135. The first kappa shape index (κ1) is 12.1. The fourth-order valence-electron chi connectivity index (χ4n) is 1.56. The van der Waals surface area contributed by atoms with Gasteiger partial charge >= 0.3 is 0 Å². The third kappa shape index (κ3) is 3.28. The van der Waals surface area contributed by atoms with Gasteiger partial charge in [-0.05, 0) is 19.9 Å². The van der Waals surface area contributed by atoms with Gasteiger partial charge in [-0.3, -0.25) is 0 Å². The zero-order valence-electron chi connectivity index (χ0n) is 9.57.